The Morgan fingerprint density at radius 1 is 1.25 bits per heavy atom. The highest BCUT2D eigenvalue weighted by Crippen LogP contribution is 2.25. The minimum Gasteiger partial charge on any atom is -0.496 e. The third-order valence-corrected chi connectivity index (χ3v) is 5.20. The van der Waals surface area contributed by atoms with E-state index >= 15 is 0 Å². The zero-order valence-electron chi connectivity index (χ0n) is 12.8. The molecule has 2 rings (SSSR count). The van der Waals surface area contributed by atoms with Crippen LogP contribution in [0.15, 0.2) is 22.7 Å². The second kappa shape index (κ2) is 7.43. The van der Waals surface area contributed by atoms with Crippen molar-refractivity contribution < 1.29 is 14.5 Å². The van der Waals surface area contributed by atoms with Crippen LogP contribution in [0.4, 0.5) is 0 Å². The van der Waals surface area contributed by atoms with Gasteiger partial charge in [0.05, 0.1) is 17.6 Å². The summed E-state index contributed by atoms with van der Waals surface area (Å²) in [7, 11) is 1.71. The molecule has 0 aliphatic carbocycles. The highest BCUT2D eigenvalue weighted by atomic mass is 79.9. The lowest BCUT2D eigenvalue weighted by atomic mass is 10.1. The molecule has 0 saturated carbocycles. The van der Waals surface area contributed by atoms with Crippen LogP contribution in [0, 0.1) is 0 Å². The van der Waals surface area contributed by atoms with Crippen LogP contribution >= 0.6 is 15.9 Å². The second-order valence-electron chi connectivity index (χ2n) is 5.86. The Balaban J connectivity index is 1.88. The molecular weight excluding hydrogens is 316 g/mol. The van der Waals surface area contributed by atoms with Gasteiger partial charge in [-0.1, -0.05) is 6.92 Å². The van der Waals surface area contributed by atoms with Crippen molar-refractivity contribution in [2.24, 2.45) is 0 Å². The summed E-state index contributed by atoms with van der Waals surface area (Å²) in [6.07, 6.45) is 1.29. The Kier molecular flexibility index (Phi) is 5.87. The molecule has 0 unspecified atom stereocenters. The van der Waals surface area contributed by atoms with Gasteiger partial charge in [0.2, 0.25) is 0 Å². The zero-order valence-corrected chi connectivity index (χ0v) is 14.4. The number of hydrogen-bond acceptors (Lipinski definition) is 1. The van der Waals surface area contributed by atoms with E-state index in [1.54, 1.807) is 16.9 Å². The third-order valence-electron chi connectivity index (χ3n) is 4.58. The predicted molar refractivity (Wildman–Crippen MR) is 85.5 cm³/mol. The second-order valence-corrected chi connectivity index (χ2v) is 6.72. The molecule has 2 N–H and O–H groups in total. The molecule has 1 aliphatic heterocycles. The van der Waals surface area contributed by atoms with Gasteiger partial charge in [-0.2, -0.15) is 0 Å². The smallest absolute Gasteiger partial charge is 0.133 e. The highest BCUT2D eigenvalue weighted by molar-refractivity contribution is 9.10. The van der Waals surface area contributed by atoms with Gasteiger partial charge in [0.1, 0.15) is 38.5 Å². The number of nitrogens with one attached hydrogen (secondary N) is 2. The van der Waals surface area contributed by atoms with Crippen LogP contribution in [0.2, 0.25) is 0 Å². The first-order chi connectivity index (χ1) is 9.63. The van der Waals surface area contributed by atoms with E-state index < -0.39 is 0 Å². The van der Waals surface area contributed by atoms with Crippen LogP contribution < -0.4 is 14.5 Å². The van der Waals surface area contributed by atoms with E-state index in [2.05, 4.69) is 48.0 Å². The fourth-order valence-electron chi connectivity index (χ4n) is 2.99. The fourth-order valence-corrected chi connectivity index (χ4v) is 3.58. The molecule has 112 valence electrons. The Hall–Kier alpha value is -0.580. The van der Waals surface area contributed by atoms with Crippen LogP contribution in [0.25, 0.3) is 0 Å². The van der Waals surface area contributed by atoms with Crippen LogP contribution in [-0.2, 0) is 6.54 Å². The van der Waals surface area contributed by atoms with Crippen molar-refractivity contribution in [1.29, 1.82) is 0 Å². The molecule has 0 bridgehead atoms. The molecule has 0 aromatic heterocycles. The van der Waals surface area contributed by atoms with Crippen LogP contribution in [0.1, 0.15) is 25.8 Å². The molecule has 3 nitrogen and oxygen atoms in total. The molecule has 20 heavy (non-hydrogen) atoms. The third kappa shape index (κ3) is 3.96. The van der Waals surface area contributed by atoms with Gasteiger partial charge in [0.25, 0.3) is 0 Å². The topological polar surface area (TPSA) is 18.1 Å². The quantitative estimate of drug-likeness (QED) is 0.799. The molecule has 1 fully saturated rings. The highest BCUT2D eigenvalue weighted by Gasteiger charge is 2.25. The molecule has 0 spiro atoms. The normalized spacial score (nSPS) is 24.4. The first-order valence-electron chi connectivity index (χ1n) is 7.64. The minimum atomic E-state index is 0.812. The lowest BCUT2D eigenvalue weighted by Gasteiger charge is -2.33. The molecule has 1 aromatic carbocycles. The Bertz CT molecular complexity index is 430. The Morgan fingerprint density at radius 3 is 2.50 bits per heavy atom. The largest absolute Gasteiger partial charge is 0.496 e. The van der Waals surface area contributed by atoms with Gasteiger partial charge in [-0.05, 0) is 47.5 Å². The molecule has 4 heteroatoms. The predicted octanol–water partition coefficient (Wildman–Crippen LogP) is 0.540. The van der Waals surface area contributed by atoms with E-state index in [-0.39, 0.29) is 0 Å². The molecule has 1 atom stereocenters. The van der Waals surface area contributed by atoms with Crippen molar-refractivity contribution in [2.75, 3.05) is 33.3 Å². The fraction of sp³-hybridized carbons (Fsp3) is 0.625. The van der Waals surface area contributed by atoms with Gasteiger partial charge in [0.15, 0.2) is 0 Å². The van der Waals surface area contributed by atoms with E-state index in [1.165, 1.54) is 38.2 Å². The molecule has 1 saturated heterocycles. The van der Waals surface area contributed by atoms with E-state index in [4.69, 9.17) is 4.74 Å². The lowest BCUT2D eigenvalue weighted by Crippen LogP contribution is -3.29. The number of hydrogen-bond donors (Lipinski definition) is 2. The zero-order chi connectivity index (χ0) is 14.5. The summed E-state index contributed by atoms with van der Waals surface area (Å²) < 4.78 is 6.34. The average molecular weight is 343 g/mol. The standard InChI is InChI=1S/C16H25BrN2O/c1-4-13(2)19-9-7-18(8-10-19)12-14-5-6-16(20-3)15(17)11-14/h5-6,11,13H,4,7-10,12H2,1-3H3/p+2/t13-/m1/s1. The summed E-state index contributed by atoms with van der Waals surface area (Å²) >= 11 is 3.57. The van der Waals surface area contributed by atoms with Gasteiger partial charge < -0.3 is 14.5 Å². The van der Waals surface area contributed by atoms with Crippen LogP contribution in [0.3, 0.4) is 0 Å². The minimum absolute atomic E-state index is 0.812. The Morgan fingerprint density at radius 2 is 1.95 bits per heavy atom. The molecule has 0 radical (unpaired) electrons. The first-order valence-corrected chi connectivity index (χ1v) is 8.44. The van der Waals surface area contributed by atoms with Gasteiger partial charge in [-0.15, -0.1) is 0 Å². The molecule has 0 amide bonds. The molecule has 1 aromatic rings. The van der Waals surface area contributed by atoms with Crippen molar-refractivity contribution in [1.82, 2.24) is 0 Å². The number of quaternary nitrogens is 2. The van der Waals surface area contributed by atoms with Crippen molar-refractivity contribution in [3.8, 4) is 5.75 Å². The van der Waals surface area contributed by atoms with E-state index in [1.807, 2.05) is 0 Å². The van der Waals surface area contributed by atoms with Crippen LogP contribution in [0.5, 0.6) is 5.75 Å². The number of rotatable bonds is 5. The average Bonchev–Trinajstić information content (AvgIpc) is 2.47. The molecular formula is C16H27BrN2O+2. The SMILES string of the molecule is CC[C@@H](C)[NH+]1CC[NH+](Cc2ccc(OC)c(Br)c2)CC1. The van der Waals surface area contributed by atoms with E-state index in [9.17, 15) is 0 Å². The number of methoxy groups -OCH3 is 1. The maximum absolute atomic E-state index is 5.29. The van der Waals surface area contributed by atoms with Gasteiger partial charge >= 0.3 is 0 Å². The van der Waals surface area contributed by atoms with Gasteiger partial charge in [-0.3, -0.25) is 0 Å². The summed E-state index contributed by atoms with van der Waals surface area (Å²) in [5.41, 5.74) is 1.39. The van der Waals surface area contributed by atoms with E-state index in [0.29, 0.717) is 0 Å². The monoisotopic (exact) mass is 342 g/mol. The first kappa shape index (κ1) is 15.8. The van der Waals surface area contributed by atoms with Crippen LogP contribution in [-0.4, -0.2) is 39.3 Å². The number of ether oxygens (including phenoxy) is 1. The molecule has 1 aliphatic rings. The molecule has 1 heterocycles. The number of piperazine rings is 1. The van der Waals surface area contributed by atoms with Crippen molar-refractivity contribution in [3.05, 3.63) is 28.2 Å². The number of halogens is 1. The summed E-state index contributed by atoms with van der Waals surface area (Å²) in [6.45, 7) is 11.0. The van der Waals surface area contributed by atoms with Gasteiger partial charge in [-0.25, -0.2) is 0 Å². The Labute approximate surface area is 131 Å². The van der Waals surface area contributed by atoms with Crippen molar-refractivity contribution >= 4 is 15.9 Å². The summed E-state index contributed by atoms with van der Waals surface area (Å²) in [6, 6.07) is 7.25. The van der Waals surface area contributed by atoms with Crippen molar-refractivity contribution in [3.63, 3.8) is 0 Å². The van der Waals surface area contributed by atoms with Crippen molar-refractivity contribution in [2.45, 2.75) is 32.9 Å². The summed E-state index contributed by atoms with van der Waals surface area (Å²) in [5.74, 6) is 0.912. The number of benzene rings is 1. The van der Waals surface area contributed by atoms with Gasteiger partial charge in [0, 0.05) is 5.56 Å². The lowest BCUT2D eigenvalue weighted by molar-refractivity contribution is -1.03. The summed E-state index contributed by atoms with van der Waals surface area (Å²) in [4.78, 5) is 3.49. The maximum atomic E-state index is 5.29. The van der Waals surface area contributed by atoms with E-state index in [0.717, 1.165) is 22.8 Å². The maximum Gasteiger partial charge on any atom is 0.133 e. The summed E-state index contributed by atoms with van der Waals surface area (Å²) in [5, 5.41) is 0.